The van der Waals surface area contributed by atoms with E-state index in [1.165, 1.54) is 17.3 Å². The number of nitrogens with zero attached hydrogens (tertiary/aromatic N) is 3. The number of carbonyl (C=O) groups is 1. The monoisotopic (exact) mass is 367 g/mol. The molecule has 26 heavy (non-hydrogen) atoms. The molecular weight excluding hydrogens is 346 g/mol. The first-order valence-corrected chi connectivity index (χ1v) is 9.48. The summed E-state index contributed by atoms with van der Waals surface area (Å²) in [6, 6.07) is 17.9. The third-order valence-corrected chi connectivity index (χ3v) is 4.84. The molecule has 134 valence electrons. The number of hydrogen-bond donors (Lipinski definition) is 0. The zero-order valence-electron chi connectivity index (χ0n) is 14.9. The molecule has 6 heteroatoms. The minimum absolute atomic E-state index is 0.207. The van der Waals surface area contributed by atoms with Crippen molar-refractivity contribution in [3.63, 3.8) is 0 Å². The molecule has 2 aromatic carbocycles. The molecule has 0 radical (unpaired) electrons. The van der Waals surface area contributed by atoms with Crippen LogP contribution in [0.3, 0.4) is 0 Å². The minimum Gasteiger partial charge on any atom is -0.460 e. The molecule has 0 aliphatic rings. The fourth-order valence-electron chi connectivity index (χ4n) is 2.49. The molecule has 3 rings (SSSR count). The van der Waals surface area contributed by atoms with E-state index in [-0.39, 0.29) is 18.3 Å². The summed E-state index contributed by atoms with van der Waals surface area (Å²) in [4.78, 5) is 12.0. The van der Waals surface area contributed by atoms with E-state index in [4.69, 9.17) is 4.74 Å². The molecule has 0 aliphatic carbocycles. The van der Waals surface area contributed by atoms with Crippen LogP contribution in [0, 0.1) is 6.92 Å². The molecule has 0 bridgehead atoms. The Hall–Kier alpha value is -2.60. The highest BCUT2D eigenvalue weighted by Crippen LogP contribution is 2.23. The lowest BCUT2D eigenvalue weighted by Crippen LogP contribution is -2.08. The van der Waals surface area contributed by atoms with Crippen LogP contribution in [-0.4, -0.2) is 26.5 Å². The molecular formula is C20H21N3O2S. The van der Waals surface area contributed by atoms with Crippen LogP contribution in [-0.2, 0) is 22.7 Å². The summed E-state index contributed by atoms with van der Waals surface area (Å²) < 4.78 is 7.34. The van der Waals surface area contributed by atoms with Gasteiger partial charge in [0, 0.05) is 12.1 Å². The van der Waals surface area contributed by atoms with Crippen molar-refractivity contribution < 1.29 is 9.53 Å². The summed E-state index contributed by atoms with van der Waals surface area (Å²) in [6.07, 6.45) is 0. The van der Waals surface area contributed by atoms with Crippen LogP contribution in [0.15, 0.2) is 59.8 Å². The predicted octanol–water partition coefficient (Wildman–Crippen LogP) is 4.11. The van der Waals surface area contributed by atoms with Gasteiger partial charge in [-0.3, -0.25) is 4.79 Å². The first kappa shape index (κ1) is 18.2. The molecule has 0 unspecified atom stereocenters. The van der Waals surface area contributed by atoms with E-state index in [9.17, 15) is 4.79 Å². The summed E-state index contributed by atoms with van der Waals surface area (Å²) in [5, 5.41) is 9.23. The number of benzene rings is 2. The largest absolute Gasteiger partial charge is 0.460 e. The minimum atomic E-state index is -0.262. The van der Waals surface area contributed by atoms with Crippen LogP contribution in [0.4, 0.5) is 0 Å². The van der Waals surface area contributed by atoms with Crippen molar-refractivity contribution in [3.05, 3.63) is 65.7 Å². The standard InChI is InChI=1S/C20H21N3O2S/c1-3-23-19(17-7-5-4-6-8-17)21-22-20(23)26-14-18(24)25-13-16-11-9-15(2)10-12-16/h4-12H,3,13-14H2,1-2H3. The van der Waals surface area contributed by atoms with Crippen LogP contribution in [0.1, 0.15) is 18.1 Å². The predicted molar refractivity (Wildman–Crippen MR) is 103 cm³/mol. The Bertz CT molecular complexity index is 861. The maximum atomic E-state index is 12.0. The highest BCUT2D eigenvalue weighted by atomic mass is 32.2. The molecule has 0 fully saturated rings. The first-order valence-electron chi connectivity index (χ1n) is 8.50. The topological polar surface area (TPSA) is 57.0 Å². The summed E-state index contributed by atoms with van der Waals surface area (Å²) in [6.45, 7) is 5.09. The van der Waals surface area contributed by atoms with E-state index in [1.807, 2.05) is 73.0 Å². The van der Waals surface area contributed by atoms with Gasteiger partial charge in [-0.15, -0.1) is 10.2 Å². The van der Waals surface area contributed by atoms with Gasteiger partial charge in [0.15, 0.2) is 11.0 Å². The van der Waals surface area contributed by atoms with E-state index < -0.39 is 0 Å². The van der Waals surface area contributed by atoms with Gasteiger partial charge in [0.05, 0.1) is 5.75 Å². The summed E-state index contributed by atoms with van der Waals surface area (Å²) in [7, 11) is 0. The molecule has 0 N–H and O–H groups in total. The molecule has 0 saturated carbocycles. The maximum absolute atomic E-state index is 12.0. The van der Waals surface area contributed by atoms with Crippen LogP contribution >= 0.6 is 11.8 Å². The van der Waals surface area contributed by atoms with Gasteiger partial charge in [-0.25, -0.2) is 0 Å². The number of esters is 1. The van der Waals surface area contributed by atoms with Gasteiger partial charge >= 0.3 is 5.97 Å². The molecule has 5 nitrogen and oxygen atoms in total. The molecule has 0 spiro atoms. The molecule has 1 aromatic heterocycles. The smallest absolute Gasteiger partial charge is 0.316 e. The lowest BCUT2D eigenvalue weighted by Gasteiger charge is -2.08. The van der Waals surface area contributed by atoms with Crippen LogP contribution in [0.2, 0.25) is 0 Å². The summed E-state index contributed by atoms with van der Waals surface area (Å²) in [5.74, 6) is 0.754. The lowest BCUT2D eigenvalue weighted by atomic mass is 10.2. The normalized spacial score (nSPS) is 10.7. The quantitative estimate of drug-likeness (QED) is 0.465. The van der Waals surface area contributed by atoms with E-state index in [0.717, 1.165) is 28.7 Å². The zero-order valence-corrected chi connectivity index (χ0v) is 15.7. The van der Waals surface area contributed by atoms with Gasteiger partial charge in [0.25, 0.3) is 0 Å². The lowest BCUT2D eigenvalue weighted by molar-refractivity contribution is -0.141. The Morgan fingerprint density at radius 3 is 2.50 bits per heavy atom. The molecule has 1 heterocycles. The van der Waals surface area contributed by atoms with Crippen molar-refractivity contribution in [1.82, 2.24) is 14.8 Å². The van der Waals surface area contributed by atoms with Crippen molar-refractivity contribution >= 4 is 17.7 Å². The molecule has 3 aromatic rings. The van der Waals surface area contributed by atoms with Crippen molar-refractivity contribution in [2.45, 2.75) is 32.2 Å². The Balaban J connectivity index is 1.58. The van der Waals surface area contributed by atoms with E-state index in [2.05, 4.69) is 10.2 Å². The number of aromatic nitrogens is 3. The maximum Gasteiger partial charge on any atom is 0.316 e. The first-order chi connectivity index (χ1) is 12.7. The van der Waals surface area contributed by atoms with Crippen molar-refractivity contribution in [2.24, 2.45) is 0 Å². The molecule has 0 amide bonds. The number of ether oxygens (including phenoxy) is 1. The average molecular weight is 367 g/mol. The molecule has 0 saturated heterocycles. The second-order valence-corrected chi connectivity index (χ2v) is 6.79. The van der Waals surface area contributed by atoms with Crippen molar-refractivity contribution in [3.8, 4) is 11.4 Å². The second-order valence-electron chi connectivity index (χ2n) is 5.85. The zero-order chi connectivity index (χ0) is 18.4. The third kappa shape index (κ3) is 4.52. The van der Waals surface area contributed by atoms with Crippen molar-refractivity contribution in [2.75, 3.05) is 5.75 Å². The number of hydrogen-bond acceptors (Lipinski definition) is 5. The fourth-order valence-corrected chi connectivity index (χ4v) is 3.29. The highest BCUT2D eigenvalue weighted by molar-refractivity contribution is 7.99. The Morgan fingerprint density at radius 2 is 1.81 bits per heavy atom. The van der Waals surface area contributed by atoms with Crippen LogP contribution < -0.4 is 0 Å². The van der Waals surface area contributed by atoms with Crippen molar-refractivity contribution in [1.29, 1.82) is 0 Å². The number of aryl methyl sites for hydroxylation is 1. The van der Waals surface area contributed by atoms with Gasteiger partial charge in [-0.2, -0.15) is 0 Å². The van der Waals surface area contributed by atoms with E-state index in [1.54, 1.807) is 0 Å². The van der Waals surface area contributed by atoms with Gasteiger partial charge in [-0.05, 0) is 19.4 Å². The number of thioether (sulfide) groups is 1. The van der Waals surface area contributed by atoms with Gasteiger partial charge < -0.3 is 9.30 Å². The molecule has 0 atom stereocenters. The summed E-state index contributed by atoms with van der Waals surface area (Å²) >= 11 is 1.35. The van der Waals surface area contributed by atoms with Gasteiger partial charge in [0.1, 0.15) is 6.61 Å². The Morgan fingerprint density at radius 1 is 1.08 bits per heavy atom. The van der Waals surface area contributed by atoms with Gasteiger partial charge in [-0.1, -0.05) is 71.9 Å². The Kier molecular flexibility index (Phi) is 6.07. The summed E-state index contributed by atoms with van der Waals surface area (Å²) in [5.41, 5.74) is 3.18. The number of rotatable bonds is 7. The third-order valence-electron chi connectivity index (χ3n) is 3.90. The van der Waals surface area contributed by atoms with E-state index >= 15 is 0 Å². The van der Waals surface area contributed by atoms with Crippen LogP contribution in [0.25, 0.3) is 11.4 Å². The molecule has 0 aliphatic heterocycles. The van der Waals surface area contributed by atoms with E-state index in [0.29, 0.717) is 0 Å². The SMILES string of the molecule is CCn1c(SCC(=O)OCc2ccc(C)cc2)nnc1-c1ccccc1. The van der Waals surface area contributed by atoms with Gasteiger partial charge in [0.2, 0.25) is 0 Å². The number of carbonyl (C=O) groups excluding carboxylic acids is 1. The second kappa shape index (κ2) is 8.67. The Labute approximate surface area is 157 Å². The average Bonchev–Trinajstić information content (AvgIpc) is 3.09. The van der Waals surface area contributed by atoms with Crippen LogP contribution in [0.5, 0.6) is 0 Å². The highest BCUT2D eigenvalue weighted by Gasteiger charge is 2.14. The fraction of sp³-hybridized carbons (Fsp3) is 0.250.